The van der Waals surface area contributed by atoms with Gasteiger partial charge < -0.3 is 10.2 Å². The van der Waals surface area contributed by atoms with E-state index in [0.29, 0.717) is 18.4 Å². The summed E-state index contributed by atoms with van der Waals surface area (Å²) < 4.78 is 0. The molecule has 1 aliphatic heterocycles. The van der Waals surface area contributed by atoms with Crippen molar-refractivity contribution in [3.63, 3.8) is 0 Å². The predicted octanol–water partition coefficient (Wildman–Crippen LogP) is 2.53. The van der Waals surface area contributed by atoms with Crippen LogP contribution in [-0.4, -0.2) is 54.5 Å². The fourth-order valence-electron chi connectivity index (χ4n) is 3.43. The van der Waals surface area contributed by atoms with E-state index in [1.807, 2.05) is 4.90 Å². The Balaban J connectivity index is 0.00000208. The van der Waals surface area contributed by atoms with Crippen LogP contribution in [0.15, 0.2) is 30.3 Å². The van der Waals surface area contributed by atoms with Crippen LogP contribution < -0.4 is 5.32 Å². The van der Waals surface area contributed by atoms with Gasteiger partial charge in [0.2, 0.25) is 5.91 Å². The van der Waals surface area contributed by atoms with Crippen LogP contribution in [0.25, 0.3) is 0 Å². The lowest BCUT2D eigenvalue weighted by molar-refractivity contribution is -0.132. The van der Waals surface area contributed by atoms with Gasteiger partial charge in [-0.2, -0.15) is 0 Å². The molecule has 1 aliphatic carbocycles. The Morgan fingerprint density at radius 1 is 1.25 bits per heavy atom. The minimum atomic E-state index is 0. The van der Waals surface area contributed by atoms with Crippen molar-refractivity contribution < 1.29 is 4.79 Å². The third-order valence-corrected chi connectivity index (χ3v) is 5.19. The number of piperazine rings is 1. The number of benzene rings is 1. The van der Waals surface area contributed by atoms with E-state index in [1.54, 1.807) is 0 Å². The fourth-order valence-corrected chi connectivity index (χ4v) is 3.43. The normalized spacial score (nSPS) is 19.0. The predicted molar refractivity (Wildman–Crippen MR) is 100 cm³/mol. The Bertz CT molecular complexity index is 501. The summed E-state index contributed by atoms with van der Waals surface area (Å²) in [5, 5.41) is 3.30. The third-order valence-electron chi connectivity index (χ3n) is 5.19. The molecule has 1 unspecified atom stereocenters. The van der Waals surface area contributed by atoms with Crippen LogP contribution in [0.1, 0.15) is 31.7 Å². The lowest BCUT2D eigenvalue weighted by atomic mass is 10.1. The lowest BCUT2D eigenvalue weighted by Crippen LogP contribution is -2.47. The standard InChI is InChI=1S/C19H29N3O.ClH/c1-16(18-7-8-18)22(15-17-5-3-2-4-6-17)12-9-19(23)21-13-10-20-11-14-21;/h2-6,16,18,20H,7-15H2,1H3;1H. The van der Waals surface area contributed by atoms with Crippen LogP contribution in [0.2, 0.25) is 0 Å². The van der Waals surface area contributed by atoms with Crippen molar-refractivity contribution in [1.82, 2.24) is 15.1 Å². The van der Waals surface area contributed by atoms with E-state index >= 15 is 0 Å². The van der Waals surface area contributed by atoms with Gasteiger partial charge >= 0.3 is 0 Å². The van der Waals surface area contributed by atoms with Crippen molar-refractivity contribution in [2.45, 2.75) is 38.8 Å². The van der Waals surface area contributed by atoms with E-state index in [1.165, 1.54) is 18.4 Å². The summed E-state index contributed by atoms with van der Waals surface area (Å²) in [6.45, 7) is 7.72. The molecule has 1 aromatic carbocycles. The molecule has 5 heteroatoms. The molecule has 134 valence electrons. The molecular weight excluding hydrogens is 322 g/mol. The largest absolute Gasteiger partial charge is 0.340 e. The summed E-state index contributed by atoms with van der Waals surface area (Å²) in [5.74, 6) is 1.14. The monoisotopic (exact) mass is 351 g/mol. The number of carbonyl (C=O) groups is 1. The molecule has 1 saturated heterocycles. The Hall–Kier alpha value is -1.10. The molecule has 1 amide bonds. The van der Waals surface area contributed by atoms with Crippen molar-refractivity contribution in [1.29, 1.82) is 0 Å². The van der Waals surface area contributed by atoms with Crippen LogP contribution >= 0.6 is 12.4 Å². The Morgan fingerprint density at radius 3 is 2.54 bits per heavy atom. The number of rotatable bonds is 7. The molecule has 24 heavy (non-hydrogen) atoms. The lowest BCUT2D eigenvalue weighted by Gasteiger charge is -2.31. The zero-order valence-electron chi connectivity index (χ0n) is 14.6. The quantitative estimate of drug-likeness (QED) is 0.820. The Kier molecular flexibility index (Phi) is 7.53. The van der Waals surface area contributed by atoms with Gasteiger partial charge in [0.1, 0.15) is 0 Å². The number of nitrogens with zero attached hydrogens (tertiary/aromatic N) is 2. The average molecular weight is 352 g/mol. The highest BCUT2D eigenvalue weighted by molar-refractivity contribution is 5.85. The fraction of sp³-hybridized carbons (Fsp3) is 0.632. The van der Waals surface area contributed by atoms with E-state index in [9.17, 15) is 4.79 Å². The Morgan fingerprint density at radius 2 is 1.92 bits per heavy atom. The minimum Gasteiger partial charge on any atom is -0.340 e. The first kappa shape index (κ1) is 19.2. The van der Waals surface area contributed by atoms with Gasteiger partial charge in [0.15, 0.2) is 0 Å². The van der Waals surface area contributed by atoms with Crippen LogP contribution in [0, 0.1) is 5.92 Å². The summed E-state index contributed by atoms with van der Waals surface area (Å²) in [5.41, 5.74) is 1.34. The number of hydrogen-bond donors (Lipinski definition) is 1. The molecule has 0 radical (unpaired) electrons. The van der Waals surface area contributed by atoms with Crippen LogP contribution in [0.4, 0.5) is 0 Å². The molecule has 2 aliphatic rings. The zero-order chi connectivity index (χ0) is 16.1. The van der Waals surface area contributed by atoms with Crippen molar-refractivity contribution in [3.8, 4) is 0 Å². The summed E-state index contributed by atoms with van der Waals surface area (Å²) in [6.07, 6.45) is 3.33. The topological polar surface area (TPSA) is 35.6 Å². The van der Waals surface area contributed by atoms with E-state index < -0.39 is 0 Å². The molecule has 1 saturated carbocycles. The van der Waals surface area contributed by atoms with Gasteiger partial charge in [-0.15, -0.1) is 12.4 Å². The van der Waals surface area contributed by atoms with Crippen molar-refractivity contribution in [3.05, 3.63) is 35.9 Å². The minimum absolute atomic E-state index is 0. The smallest absolute Gasteiger partial charge is 0.223 e. The highest BCUT2D eigenvalue weighted by atomic mass is 35.5. The van der Waals surface area contributed by atoms with Crippen LogP contribution in [0.3, 0.4) is 0 Å². The maximum Gasteiger partial charge on any atom is 0.223 e. The highest BCUT2D eigenvalue weighted by Crippen LogP contribution is 2.35. The highest BCUT2D eigenvalue weighted by Gasteiger charge is 2.32. The summed E-state index contributed by atoms with van der Waals surface area (Å²) in [6, 6.07) is 11.2. The Labute approximate surface area is 152 Å². The summed E-state index contributed by atoms with van der Waals surface area (Å²) >= 11 is 0. The summed E-state index contributed by atoms with van der Waals surface area (Å²) in [4.78, 5) is 17.0. The third kappa shape index (κ3) is 5.47. The number of halogens is 1. The van der Waals surface area contributed by atoms with Gasteiger partial charge in [0.25, 0.3) is 0 Å². The van der Waals surface area contributed by atoms with E-state index in [2.05, 4.69) is 47.5 Å². The number of amides is 1. The first-order valence-electron chi connectivity index (χ1n) is 9.00. The molecule has 0 aromatic heterocycles. The van der Waals surface area contributed by atoms with Crippen LogP contribution in [-0.2, 0) is 11.3 Å². The van der Waals surface area contributed by atoms with Gasteiger partial charge in [-0.3, -0.25) is 9.69 Å². The number of carbonyl (C=O) groups excluding carboxylic acids is 1. The molecule has 3 rings (SSSR count). The maximum absolute atomic E-state index is 12.4. The van der Waals surface area contributed by atoms with Gasteiger partial charge in [0.05, 0.1) is 0 Å². The maximum atomic E-state index is 12.4. The van der Waals surface area contributed by atoms with Crippen molar-refractivity contribution in [2.24, 2.45) is 5.92 Å². The van der Waals surface area contributed by atoms with Gasteiger partial charge in [-0.05, 0) is 31.2 Å². The second-order valence-corrected chi connectivity index (χ2v) is 6.91. The van der Waals surface area contributed by atoms with Gasteiger partial charge in [-0.1, -0.05) is 30.3 Å². The summed E-state index contributed by atoms with van der Waals surface area (Å²) in [7, 11) is 0. The van der Waals surface area contributed by atoms with Crippen molar-refractivity contribution >= 4 is 18.3 Å². The van der Waals surface area contributed by atoms with Crippen LogP contribution in [0.5, 0.6) is 0 Å². The second-order valence-electron chi connectivity index (χ2n) is 6.91. The molecule has 1 atom stereocenters. The van der Waals surface area contributed by atoms with Crippen molar-refractivity contribution in [2.75, 3.05) is 32.7 Å². The van der Waals surface area contributed by atoms with E-state index in [4.69, 9.17) is 0 Å². The zero-order valence-corrected chi connectivity index (χ0v) is 15.4. The first-order valence-corrected chi connectivity index (χ1v) is 9.00. The number of nitrogens with one attached hydrogen (secondary N) is 1. The average Bonchev–Trinajstić information content (AvgIpc) is 3.44. The SMILES string of the molecule is CC(C1CC1)N(CCC(=O)N1CCNCC1)Cc1ccccc1.Cl. The molecule has 1 heterocycles. The molecule has 4 nitrogen and oxygen atoms in total. The van der Waals surface area contributed by atoms with Gasteiger partial charge in [0, 0.05) is 51.7 Å². The molecule has 1 N–H and O–H groups in total. The molecule has 0 spiro atoms. The molecule has 1 aromatic rings. The molecule has 2 fully saturated rings. The molecular formula is C19H30ClN3O. The van der Waals surface area contributed by atoms with E-state index in [0.717, 1.165) is 45.2 Å². The van der Waals surface area contributed by atoms with E-state index in [-0.39, 0.29) is 12.4 Å². The van der Waals surface area contributed by atoms with Gasteiger partial charge in [-0.25, -0.2) is 0 Å². The first-order chi connectivity index (χ1) is 11.2. The molecule has 0 bridgehead atoms. The second kappa shape index (κ2) is 9.40. The number of hydrogen-bond acceptors (Lipinski definition) is 3.